The van der Waals surface area contributed by atoms with Crippen LogP contribution in [0.1, 0.15) is 28.3 Å². The number of aryl methyl sites for hydroxylation is 1. The first-order valence-electron chi connectivity index (χ1n) is 9.34. The van der Waals surface area contributed by atoms with E-state index in [1.54, 1.807) is 0 Å². The zero-order chi connectivity index (χ0) is 18.6. The second-order valence-corrected chi connectivity index (χ2v) is 6.95. The number of rotatable bonds is 4. The molecule has 1 unspecified atom stereocenters. The van der Waals surface area contributed by atoms with Gasteiger partial charge in [0.2, 0.25) is 0 Å². The molecule has 0 radical (unpaired) electrons. The van der Waals surface area contributed by atoms with Crippen LogP contribution in [0.4, 0.5) is 0 Å². The number of nitrogens with zero attached hydrogens (tertiary/aromatic N) is 1. The molecule has 1 aliphatic heterocycles. The van der Waals surface area contributed by atoms with Crippen molar-refractivity contribution in [1.82, 2.24) is 4.90 Å². The van der Waals surface area contributed by atoms with Crippen LogP contribution in [0.25, 0.3) is 0 Å². The fourth-order valence-electron chi connectivity index (χ4n) is 3.69. The lowest BCUT2D eigenvalue weighted by atomic mass is 9.88. The molecule has 136 valence electrons. The summed E-state index contributed by atoms with van der Waals surface area (Å²) >= 11 is 0. The number of carbonyl (C=O) groups excluding carboxylic acids is 1. The highest BCUT2D eigenvalue weighted by Gasteiger charge is 2.31. The number of hydrogen-bond acceptors (Lipinski definition) is 2. The van der Waals surface area contributed by atoms with Gasteiger partial charge in [0.1, 0.15) is 5.75 Å². The van der Waals surface area contributed by atoms with Gasteiger partial charge in [-0.15, -0.1) is 0 Å². The molecule has 1 heterocycles. The molecular formula is C24H23NO2. The zero-order valence-corrected chi connectivity index (χ0v) is 15.5. The monoisotopic (exact) mass is 357 g/mol. The minimum Gasteiger partial charge on any atom is -0.484 e. The van der Waals surface area contributed by atoms with Crippen molar-refractivity contribution < 1.29 is 9.53 Å². The molecule has 0 N–H and O–H groups in total. The molecule has 1 amide bonds. The van der Waals surface area contributed by atoms with Crippen molar-refractivity contribution in [2.45, 2.75) is 19.4 Å². The van der Waals surface area contributed by atoms with E-state index in [1.807, 2.05) is 35.2 Å². The van der Waals surface area contributed by atoms with Crippen LogP contribution in [-0.4, -0.2) is 24.0 Å². The molecule has 3 heteroatoms. The van der Waals surface area contributed by atoms with Crippen molar-refractivity contribution in [2.24, 2.45) is 0 Å². The van der Waals surface area contributed by atoms with Crippen molar-refractivity contribution in [1.29, 1.82) is 0 Å². The molecule has 0 saturated heterocycles. The Morgan fingerprint density at radius 2 is 1.67 bits per heavy atom. The third-order valence-electron chi connectivity index (χ3n) is 5.10. The van der Waals surface area contributed by atoms with E-state index in [4.69, 9.17) is 4.74 Å². The van der Waals surface area contributed by atoms with Crippen LogP contribution in [0, 0.1) is 6.92 Å². The molecular weight excluding hydrogens is 334 g/mol. The molecule has 3 aromatic rings. The first kappa shape index (κ1) is 17.3. The standard InChI is InChI=1S/C24H23NO2/c1-18-11-13-20(14-12-18)24-22-10-6-5-7-19(22)15-16-25(24)23(26)17-27-21-8-3-2-4-9-21/h2-14,24H,15-17H2,1H3. The van der Waals surface area contributed by atoms with E-state index < -0.39 is 0 Å². The molecule has 0 bridgehead atoms. The predicted octanol–water partition coefficient (Wildman–Crippen LogP) is 4.55. The Bertz CT molecular complexity index is 919. The maximum Gasteiger partial charge on any atom is 0.261 e. The number of fused-ring (bicyclic) bond motifs is 1. The number of amides is 1. The van der Waals surface area contributed by atoms with E-state index in [1.165, 1.54) is 16.7 Å². The van der Waals surface area contributed by atoms with Crippen LogP contribution >= 0.6 is 0 Å². The SMILES string of the molecule is Cc1ccc(C2c3ccccc3CCN2C(=O)COc2ccccc2)cc1. The molecule has 3 nitrogen and oxygen atoms in total. The molecule has 0 aromatic heterocycles. The Morgan fingerprint density at radius 1 is 0.963 bits per heavy atom. The van der Waals surface area contributed by atoms with Crippen molar-refractivity contribution in [3.63, 3.8) is 0 Å². The number of carbonyl (C=O) groups is 1. The Labute approximate surface area is 160 Å². The van der Waals surface area contributed by atoms with E-state index in [0.717, 1.165) is 17.7 Å². The van der Waals surface area contributed by atoms with E-state index >= 15 is 0 Å². The highest BCUT2D eigenvalue weighted by molar-refractivity contribution is 5.79. The van der Waals surface area contributed by atoms with Gasteiger partial charge < -0.3 is 9.64 Å². The third-order valence-corrected chi connectivity index (χ3v) is 5.10. The fraction of sp³-hybridized carbons (Fsp3) is 0.208. The van der Waals surface area contributed by atoms with Crippen LogP contribution in [0.15, 0.2) is 78.9 Å². The van der Waals surface area contributed by atoms with Gasteiger partial charge in [-0.1, -0.05) is 72.3 Å². The van der Waals surface area contributed by atoms with Gasteiger partial charge in [0.05, 0.1) is 6.04 Å². The van der Waals surface area contributed by atoms with E-state index in [2.05, 4.69) is 55.5 Å². The van der Waals surface area contributed by atoms with Crippen LogP contribution in [0.2, 0.25) is 0 Å². The van der Waals surface area contributed by atoms with Gasteiger partial charge in [-0.25, -0.2) is 0 Å². The van der Waals surface area contributed by atoms with E-state index in [-0.39, 0.29) is 18.6 Å². The lowest BCUT2D eigenvalue weighted by Gasteiger charge is -2.37. The third kappa shape index (κ3) is 3.72. The van der Waals surface area contributed by atoms with Gasteiger partial charge in [0.15, 0.2) is 6.61 Å². The van der Waals surface area contributed by atoms with Crippen LogP contribution < -0.4 is 4.74 Å². The maximum atomic E-state index is 13.0. The van der Waals surface area contributed by atoms with Gasteiger partial charge in [-0.2, -0.15) is 0 Å². The molecule has 3 aromatic carbocycles. The summed E-state index contributed by atoms with van der Waals surface area (Å²) in [6.45, 7) is 2.83. The Hall–Kier alpha value is -3.07. The van der Waals surface area contributed by atoms with Crippen molar-refractivity contribution in [3.8, 4) is 5.75 Å². The number of benzene rings is 3. The number of para-hydroxylation sites is 1. The van der Waals surface area contributed by atoms with Crippen molar-refractivity contribution in [2.75, 3.05) is 13.2 Å². The van der Waals surface area contributed by atoms with Crippen LogP contribution in [-0.2, 0) is 11.2 Å². The van der Waals surface area contributed by atoms with Gasteiger partial charge in [-0.3, -0.25) is 4.79 Å². The lowest BCUT2D eigenvalue weighted by molar-refractivity contribution is -0.135. The summed E-state index contributed by atoms with van der Waals surface area (Å²) in [6, 6.07) is 26.3. The number of hydrogen-bond donors (Lipinski definition) is 0. The van der Waals surface area contributed by atoms with Crippen LogP contribution in [0.5, 0.6) is 5.75 Å². The molecule has 0 saturated carbocycles. The minimum absolute atomic E-state index is 0.0129. The average molecular weight is 357 g/mol. The molecule has 0 spiro atoms. The summed E-state index contributed by atoms with van der Waals surface area (Å²) in [6.07, 6.45) is 0.871. The Kier molecular flexibility index (Phi) is 4.93. The van der Waals surface area contributed by atoms with Gasteiger partial charge in [0, 0.05) is 6.54 Å². The second-order valence-electron chi connectivity index (χ2n) is 6.95. The summed E-state index contributed by atoms with van der Waals surface area (Å²) in [7, 11) is 0. The van der Waals surface area contributed by atoms with E-state index in [9.17, 15) is 4.79 Å². The fourth-order valence-corrected chi connectivity index (χ4v) is 3.69. The Morgan fingerprint density at radius 3 is 2.44 bits per heavy atom. The molecule has 0 aliphatic carbocycles. The molecule has 27 heavy (non-hydrogen) atoms. The highest BCUT2D eigenvalue weighted by atomic mass is 16.5. The maximum absolute atomic E-state index is 13.0. The average Bonchev–Trinajstić information content (AvgIpc) is 2.72. The summed E-state index contributed by atoms with van der Waals surface area (Å²) in [5, 5.41) is 0. The Balaban J connectivity index is 1.62. The molecule has 0 fully saturated rings. The van der Waals surface area contributed by atoms with Gasteiger partial charge >= 0.3 is 0 Å². The van der Waals surface area contributed by atoms with Crippen molar-refractivity contribution in [3.05, 3.63) is 101 Å². The summed E-state index contributed by atoms with van der Waals surface area (Å²) in [5.74, 6) is 0.731. The van der Waals surface area contributed by atoms with Crippen molar-refractivity contribution >= 4 is 5.91 Å². The van der Waals surface area contributed by atoms with Gasteiger partial charge in [-0.05, 0) is 42.2 Å². The molecule has 4 rings (SSSR count). The van der Waals surface area contributed by atoms with E-state index in [0.29, 0.717) is 6.54 Å². The zero-order valence-electron chi connectivity index (χ0n) is 15.5. The lowest BCUT2D eigenvalue weighted by Crippen LogP contribution is -2.42. The first-order chi connectivity index (χ1) is 13.2. The summed E-state index contributed by atoms with van der Waals surface area (Å²) in [4.78, 5) is 15.0. The number of ether oxygens (including phenoxy) is 1. The highest BCUT2D eigenvalue weighted by Crippen LogP contribution is 2.35. The molecule has 1 aliphatic rings. The van der Waals surface area contributed by atoms with Gasteiger partial charge in [0.25, 0.3) is 5.91 Å². The van der Waals surface area contributed by atoms with Crippen LogP contribution in [0.3, 0.4) is 0 Å². The topological polar surface area (TPSA) is 29.5 Å². The summed E-state index contributed by atoms with van der Waals surface area (Å²) < 4.78 is 5.72. The normalized spacial score (nSPS) is 15.9. The molecule has 1 atom stereocenters. The first-order valence-corrected chi connectivity index (χ1v) is 9.34. The summed E-state index contributed by atoms with van der Waals surface area (Å²) in [5.41, 5.74) is 4.88. The largest absolute Gasteiger partial charge is 0.484 e. The predicted molar refractivity (Wildman–Crippen MR) is 107 cm³/mol. The second kappa shape index (κ2) is 7.67. The quantitative estimate of drug-likeness (QED) is 0.686. The smallest absolute Gasteiger partial charge is 0.261 e. The minimum atomic E-state index is -0.0672.